The molecule has 0 bridgehead atoms. The molecule has 0 saturated heterocycles. The first-order chi connectivity index (χ1) is 10.4. The van der Waals surface area contributed by atoms with E-state index in [4.69, 9.17) is 23.2 Å². The van der Waals surface area contributed by atoms with E-state index in [1.807, 2.05) is 0 Å². The lowest BCUT2D eigenvalue weighted by Crippen LogP contribution is -2.24. The Morgan fingerprint density at radius 3 is 2.77 bits per heavy atom. The molecule has 1 unspecified atom stereocenters. The SMILES string of the molecule is CC(Cn1cc([N+](=O)[O-])cn1)C(=O)Nc1ccc(Cl)c(Cl)c1. The number of hydrogen-bond donors (Lipinski definition) is 1. The predicted molar refractivity (Wildman–Crippen MR) is 83.1 cm³/mol. The van der Waals surface area contributed by atoms with Crippen molar-refractivity contribution in [2.24, 2.45) is 5.92 Å². The highest BCUT2D eigenvalue weighted by atomic mass is 35.5. The third-order valence-electron chi connectivity index (χ3n) is 2.93. The fourth-order valence-corrected chi connectivity index (χ4v) is 2.05. The molecule has 2 rings (SSSR count). The molecule has 7 nitrogen and oxygen atoms in total. The Morgan fingerprint density at radius 2 is 2.18 bits per heavy atom. The van der Waals surface area contributed by atoms with Crippen LogP contribution >= 0.6 is 23.2 Å². The summed E-state index contributed by atoms with van der Waals surface area (Å²) in [6, 6.07) is 4.77. The Balaban J connectivity index is 1.99. The number of nitrogens with one attached hydrogen (secondary N) is 1. The van der Waals surface area contributed by atoms with Crippen LogP contribution in [0.5, 0.6) is 0 Å². The first-order valence-corrected chi connectivity index (χ1v) is 7.05. The third kappa shape index (κ3) is 3.96. The molecular formula is C13H12Cl2N4O3. The van der Waals surface area contributed by atoms with Gasteiger partial charge < -0.3 is 5.32 Å². The number of amides is 1. The first kappa shape index (κ1) is 16.3. The number of anilines is 1. The average molecular weight is 343 g/mol. The summed E-state index contributed by atoms with van der Waals surface area (Å²) in [5.41, 5.74) is 0.412. The second kappa shape index (κ2) is 6.76. The lowest BCUT2D eigenvalue weighted by Gasteiger charge is -2.12. The van der Waals surface area contributed by atoms with E-state index >= 15 is 0 Å². The molecule has 0 radical (unpaired) electrons. The third-order valence-corrected chi connectivity index (χ3v) is 3.67. The number of carbonyl (C=O) groups is 1. The number of carbonyl (C=O) groups excluding carboxylic acids is 1. The van der Waals surface area contributed by atoms with E-state index in [1.165, 1.54) is 10.9 Å². The van der Waals surface area contributed by atoms with Gasteiger partial charge in [0.2, 0.25) is 5.91 Å². The molecule has 1 N–H and O–H groups in total. The molecular weight excluding hydrogens is 331 g/mol. The smallest absolute Gasteiger partial charge is 0.306 e. The summed E-state index contributed by atoms with van der Waals surface area (Å²) in [6.45, 7) is 1.92. The van der Waals surface area contributed by atoms with Gasteiger partial charge in [0, 0.05) is 5.69 Å². The molecule has 1 atom stereocenters. The van der Waals surface area contributed by atoms with Crippen LogP contribution in [0, 0.1) is 16.0 Å². The minimum Gasteiger partial charge on any atom is -0.326 e. The summed E-state index contributed by atoms with van der Waals surface area (Å²) in [6.07, 6.45) is 2.42. The summed E-state index contributed by atoms with van der Waals surface area (Å²) in [7, 11) is 0. The molecule has 0 saturated carbocycles. The van der Waals surface area contributed by atoms with E-state index in [1.54, 1.807) is 25.1 Å². The van der Waals surface area contributed by atoms with E-state index in [0.717, 1.165) is 6.20 Å². The first-order valence-electron chi connectivity index (χ1n) is 6.29. The lowest BCUT2D eigenvalue weighted by atomic mass is 10.1. The molecule has 1 amide bonds. The van der Waals surface area contributed by atoms with Crippen molar-refractivity contribution in [3.63, 3.8) is 0 Å². The second-order valence-electron chi connectivity index (χ2n) is 4.70. The topological polar surface area (TPSA) is 90.1 Å². The van der Waals surface area contributed by atoms with Crippen molar-refractivity contribution in [2.75, 3.05) is 5.32 Å². The highest BCUT2D eigenvalue weighted by Gasteiger charge is 2.17. The zero-order chi connectivity index (χ0) is 16.3. The van der Waals surface area contributed by atoms with E-state index in [2.05, 4.69) is 10.4 Å². The van der Waals surface area contributed by atoms with Gasteiger partial charge >= 0.3 is 5.69 Å². The normalized spacial score (nSPS) is 12.0. The molecule has 0 fully saturated rings. The molecule has 116 valence electrons. The molecule has 1 heterocycles. The maximum absolute atomic E-state index is 12.1. The fraction of sp³-hybridized carbons (Fsp3) is 0.231. The standard InChI is InChI=1S/C13H12Cl2N4O3/c1-8(6-18-7-10(5-16-18)19(21)22)13(20)17-9-2-3-11(14)12(15)4-9/h2-5,7-8H,6H2,1H3,(H,17,20). The van der Waals surface area contributed by atoms with Crippen molar-refractivity contribution < 1.29 is 9.72 Å². The van der Waals surface area contributed by atoms with Gasteiger partial charge in [-0.3, -0.25) is 19.6 Å². The van der Waals surface area contributed by atoms with Gasteiger partial charge in [-0.2, -0.15) is 5.10 Å². The van der Waals surface area contributed by atoms with Crippen LogP contribution in [0.2, 0.25) is 10.0 Å². The Morgan fingerprint density at radius 1 is 1.45 bits per heavy atom. The molecule has 0 aliphatic carbocycles. The van der Waals surface area contributed by atoms with E-state index in [0.29, 0.717) is 15.7 Å². The van der Waals surface area contributed by atoms with Gasteiger partial charge in [-0.1, -0.05) is 30.1 Å². The molecule has 1 aromatic heterocycles. The van der Waals surface area contributed by atoms with Crippen LogP contribution in [0.15, 0.2) is 30.6 Å². The summed E-state index contributed by atoms with van der Waals surface area (Å²) < 4.78 is 1.36. The van der Waals surface area contributed by atoms with Crippen molar-refractivity contribution in [1.82, 2.24) is 9.78 Å². The van der Waals surface area contributed by atoms with Gasteiger partial charge in [-0.25, -0.2) is 0 Å². The number of nitro groups is 1. The largest absolute Gasteiger partial charge is 0.326 e. The second-order valence-corrected chi connectivity index (χ2v) is 5.51. The number of aromatic nitrogens is 2. The number of rotatable bonds is 5. The molecule has 0 spiro atoms. The van der Waals surface area contributed by atoms with Gasteiger partial charge in [0.1, 0.15) is 12.4 Å². The zero-order valence-corrected chi connectivity index (χ0v) is 13.0. The van der Waals surface area contributed by atoms with E-state index in [-0.39, 0.29) is 18.1 Å². The van der Waals surface area contributed by atoms with Crippen molar-refractivity contribution in [3.05, 3.63) is 50.8 Å². The van der Waals surface area contributed by atoms with Gasteiger partial charge in [0.15, 0.2) is 0 Å². The summed E-state index contributed by atoms with van der Waals surface area (Å²) >= 11 is 11.7. The molecule has 2 aromatic rings. The number of nitrogens with zero attached hydrogens (tertiary/aromatic N) is 3. The highest BCUT2D eigenvalue weighted by molar-refractivity contribution is 6.42. The Bertz CT molecular complexity index is 717. The maximum Gasteiger partial charge on any atom is 0.306 e. The van der Waals surface area contributed by atoms with Crippen molar-refractivity contribution in [1.29, 1.82) is 0 Å². The molecule has 9 heteroatoms. The van der Waals surface area contributed by atoms with Crippen LogP contribution in [-0.2, 0) is 11.3 Å². The maximum atomic E-state index is 12.1. The molecule has 0 aliphatic rings. The summed E-state index contributed by atoms with van der Waals surface area (Å²) in [4.78, 5) is 22.1. The zero-order valence-electron chi connectivity index (χ0n) is 11.5. The fourth-order valence-electron chi connectivity index (χ4n) is 1.75. The van der Waals surface area contributed by atoms with Gasteiger partial charge in [0.05, 0.1) is 27.4 Å². The molecule has 0 aliphatic heterocycles. The van der Waals surface area contributed by atoms with Crippen molar-refractivity contribution in [2.45, 2.75) is 13.5 Å². The van der Waals surface area contributed by atoms with Crippen LogP contribution in [0.4, 0.5) is 11.4 Å². The molecule has 22 heavy (non-hydrogen) atoms. The van der Waals surface area contributed by atoms with Crippen LogP contribution in [0.1, 0.15) is 6.92 Å². The summed E-state index contributed by atoms with van der Waals surface area (Å²) in [5.74, 6) is -0.689. The number of halogens is 2. The van der Waals surface area contributed by atoms with E-state index < -0.39 is 10.8 Å². The molecule has 1 aromatic carbocycles. The highest BCUT2D eigenvalue weighted by Crippen LogP contribution is 2.25. The quantitative estimate of drug-likeness (QED) is 0.666. The lowest BCUT2D eigenvalue weighted by molar-refractivity contribution is -0.385. The van der Waals surface area contributed by atoms with Crippen LogP contribution in [-0.4, -0.2) is 20.6 Å². The van der Waals surface area contributed by atoms with Crippen LogP contribution < -0.4 is 5.32 Å². The Kier molecular flexibility index (Phi) is 4.99. The summed E-state index contributed by atoms with van der Waals surface area (Å²) in [5, 5.41) is 17.9. The van der Waals surface area contributed by atoms with Crippen LogP contribution in [0.3, 0.4) is 0 Å². The van der Waals surface area contributed by atoms with Gasteiger partial charge in [-0.05, 0) is 18.2 Å². The van der Waals surface area contributed by atoms with Crippen molar-refractivity contribution in [3.8, 4) is 0 Å². The number of benzene rings is 1. The van der Waals surface area contributed by atoms with Crippen LogP contribution in [0.25, 0.3) is 0 Å². The van der Waals surface area contributed by atoms with Gasteiger partial charge in [-0.15, -0.1) is 0 Å². The predicted octanol–water partition coefficient (Wildman–Crippen LogP) is 3.37. The number of hydrogen-bond acceptors (Lipinski definition) is 4. The van der Waals surface area contributed by atoms with Gasteiger partial charge in [0.25, 0.3) is 0 Å². The average Bonchev–Trinajstić information content (AvgIpc) is 2.91. The minimum absolute atomic E-state index is 0.114. The minimum atomic E-state index is -0.538. The van der Waals surface area contributed by atoms with Crippen molar-refractivity contribution >= 4 is 40.5 Å². The monoisotopic (exact) mass is 342 g/mol. The Labute approximate surface area is 136 Å². The van der Waals surface area contributed by atoms with E-state index in [9.17, 15) is 14.9 Å². The Hall–Kier alpha value is -2.12.